The van der Waals surface area contributed by atoms with Gasteiger partial charge in [-0.2, -0.15) is 5.10 Å². The quantitative estimate of drug-likeness (QED) is 0.780. The molecule has 1 aromatic heterocycles. The molecule has 1 aromatic rings. The molecule has 0 aromatic carbocycles. The fraction of sp³-hybridized carbons (Fsp3) is 0.800. The second-order valence-electron chi connectivity index (χ2n) is 6.34. The molecule has 1 saturated carbocycles. The zero-order valence-corrected chi connectivity index (χ0v) is 13.6. The molecule has 1 fully saturated rings. The van der Waals surface area contributed by atoms with Crippen LogP contribution in [0.3, 0.4) is 0 Å². The molecule has 21 heavy (non-hydrogen) atoms. The van der Waals surface area contributed by atoms with E-state index in [0.29, 0.717) is 6.61 Å². The van der Waals surface area contributed by atoms with Gasteiger partial charge in [-0.25, -0.2) is 0 Å². The van der Waals surface area contributed by atoms with Gasteiger partial charge in [0.1, 0.15) is 0 Å². The number of aromatic nitrogens is 2. The van der Waals surface area contributed by atoms with Gasteiger partial charge in [-0.3, -0.25) is 4.68 Å². The standard InChI is InChI=1S/C15H27BN2O3/c1-5-15(3,4)21-16(20-6-2)12-10-17-18(11-12)13-8-7-9-14(13)19/h10-11,13-14,19H,5-9H2,1-4H3. The summed E-state index contributed by atoms with van der Waals surface area (Å²) in [4.78, 5) is 0. The first-order valence-corrected chi connectivity index (χ1v) is 7.98. The molecule has 0 radical (unpaired) electrons. The molecule has 0 saturated heterocycles. The van der Waals surface area contributed by atoms with E-state index in [2.05, 4.69) is 25.9 Å². The van der Waals surface area contributed by atoms with Crippen molar-refractivity contribution in [1.29, 1.82) is 0 Å². The lowest BCUT2D eigenvalue weighted by molar-refractivity contribution is 0.0706. The largest absolute Gasteiger partial charge is 0.497 e. The first-order chi connectivity index (χ1) is 9.96. The van der Waals surface area contributed by atoms with Gasteiger partial charge in [0, 0.05) is 30.1 Å². The summed E-state index contributed by atoms with van der Waals surface area (Å²) in [5.41, 5.74) is 0.673. The molecular formula is C15H27BN2O3. The lowest BCUT2D eigenvalue weighted by Crippen LogP contribution is -2.43. The van der Waals surface area contributed by atoms with Gasteiger partial charge in [0.25, 0.3) is 0 Å². The topological polar surface area (TPSA) is 56.5 Å². The third kappa shape index (κ3) is 4.08. The average Bonchev–Trinajstić information content (AvgIpc) is 3.06. The number of nitrogens with zero attached hydrogens (tertiary/aromatic N) is 2. The van der Waals surface area contributed by atoms with Gasteiger partial charge in [0.15, 0.2) is 0 Å². The van der Waals surface area contributed by atoms with Gasteiger partial charge >= 0.3 is 7.12 Å². The van der Waals surface area contributed by atoms with Crippen LogP contribution in [0.25, 0.3) is 0 Å². The summed E-state index contributed by atoms with van der Waals surface area (Å²) in [5, 5.41) is 14.4. The van der Waals surface area contributed by atoms with Gasteiger partial charge < -0.3 is 14.4 Å². The lowest BCUT2D eigenvalue weighted by atomic mass is 9.79. The smallest absolute Gasteiger partial charge is 0.407 e. The predicted molar refractivity (Wildman–Crippen MR) is 83.6 cm³/mol. The molecule has 5 nitrogen and oxygen atoms in total. The van der Waals surface area contributed by atoms with E-state index in [9.17, 15) is 5.11 Å². The van der Waals surface area contributed by atoms with Crippen LogP contribution in [0.4, 0.5) is 0 Å². The minimum Gasteiger partial charge on any atom is -0.407 e. The second-order valence-corrected chi connectivity index (χ2v) is 6.34. The zero-order valence-electron chi connectivity index (χ0n) is 13.6. The van der Waals surface area contributed by atoms with Crippen molar-refractivity contribution in [3.8, 4) is 0 Å². The molecule has 1 N–H and O–H groups in total. The summed E-state index contributed by atoms with van der Waals surface area (Å²) < 4.78 is 13.7. The molecule has 0 spiro atoms. The van der Waals surface area contributed by atoms with E-state index < -0.39 is 7.12 Å². The highest BCUT2D eigenvalue weighted by molar-refractivity contribution is 6.61. The van der Waals surface area contributed by atoms with E-state index in [1.807, 2.05) is 17.8 Å². The number of hydrogen-bond acceptors (Lipinski definition) is 4. The Morgan fingerprint density at radius 1 is 1.43 bits per heavy atom. The summed E-state index contributed by atoms with van der Waals surface area (Å²) >= 11 is 0. The molecule has 1 aliphatic carbocycles. The molecule has 0 aliphatic heterocycles. The first kappa shape index (κ1) is 16.5. The van der Waals surface area contributed by atoms with E-state index in [0.717, 1.165) is 31.1 Å². The second kappa shape index (κ2) is 6.94. The Hall–Kier alpha value is -0.845. The van der Waals surface area contributed by atoms with Crippen LogP contribution in [-0.2, 0) is 9.31 Å². The maximum atomic E-state index is 9.99. The molecule has 0 amide bonds. The van der Waals surface area contributed by atoms with Gasteiger partial charge in [0.05, 0.1) is 12.1 Å². The zero-order chi connectivity index (χ0) is 15.5. The predicted octanol–water partition coefficient (Wildman–Crippen LogP) is 1.91. The lowest BCUT2D eigenvalue weighted by Gasteiger charge is -2.27. The third-order valence-corrected chi connectivity index (χ3v) is 4.27. The van der Waals surface area contributed by atoms with Crippen LogP contribution in [0.15, 0.2) is 12.4 Å². The minimum atomic E-state index is -0.405. The fourth-order valence-corrected chi connectivity index (χ4v) is 2.61. The van der Waals surface area contributed by atoms with E-state index in [4.69, 9.17) is 9.31 Å². The van der Waals surface area contributed by atoms with E-state index in [1.165, 1.54) is 0 Å². The van der Waals surface area contributed by atoms with Crippen LogP contribution < -0.4 is 5.46 Å². The maximum absolute atomic E-state index is 9.99. The summed E-state index contributed by atoms with van der Waals surface area (Å²) in [6, 6.07) is 0.0835. The van der Waals surface area contributed by atoms with Crippen LogP contribution in [0.1, 0.15) is 59.4 Å². The Bertz CT molecular complexity index is 450. The Balaban J connectivity index is 2.12. The Morgan fingerprint density at radius 2 is 2.19 bits per heavy atom. The van der Waals surface area contributed by atoms with Crippen LogP contribution in [0, 0.1) is 0 Å². The van der Waals surface area contributed by atoms with E-state index in [1.54, 1.807) is 6.20 Å². The van der Waals surface area contributed by atoms with Gasteiger partial charge in [-0.05, 0) is 46.5 Å². The van der Waals surface area contributed by atoms with Crippen LogP contribution in [0.2, 0.25) is 0 Å². The van der Waals surface area contributed by atoms with Crippen LogP contribution in [-0.4, -0.2) is 40.3 Å². The van der Waals surface area contributed by atoms with Crippen molar-refractivity contribution in [2.24, 2.45) is 0 Å². The highest BCUT2D eigenvalue weighted by Gasteiger charge is 2.32. The minimum absolute atomic E-state index is 0.0835. The normalized spacial score (nSPS) is 22.7. The number of hydrogen-bond donors (Lipinski definition) is 1. The molecule has 1 aliphatic rings. The van der Waals surface area contributed by atoms with Crippen LogP contribution in [0.5, 0.6) is 0 Å². The number of aliphatic hydroxyl groups excluding tert-OH is 1. The van der Waals surface area contributed by atoms with Crippen molar-refractivity contribution in [2.45, 2.75) is 71.1 Å². The Morgan fingerprint density at radius 3 is 2.76 bits per heavy atom. The van der Waals surface area contributed by atoms with Crippen molar-refractivity contribution >= 4 is 12.6 Å². The SMILES string of the molecule is CCOB(OC(C)(C)CC)c1cnn(C2CCCC2O)c1. The molecule has 0 bridgehead atoms. The molecule has 6 heteroatoms. The van der Waals surface area contributed by atoms with Gasteiger partial charge in [-0.15, -0.1) is 0 Å². The molecular weight excluding hydrogens is 267 g/mol. The van der Waals surface area contributed by atoms with Gasteiger partial charge in [0.2, 0.25) is 0 Å². The van der Waals surface area contributed by atoms with Crippen molar-refractivity contribution in [3.05, 3.63) is 12.4 Å². The molecule has 2 unspecified atom stereocenters. The average molecular weight is 294 g/mol. The van der Waals surface area contributed by atoms with Crippen molar-refractivity contribution < 1.29 is 14.4 Å². The molecule has 2 atom stereocenters. The molecule has 2 rings (SSSR count). The summed E-state index contributed by atoms with van der Waals surface area (Å²) in [7, 11) is -0.405. The molecule has 118 valence electrons. The highest BCUT2D eigenvalue weighted by Crippen LogP contribution is 2.29. The summed E-state index contributed by atoms with van der Waals surface area (Å²) in [6.07, 6.45) is 7.23. The fourth-order valence-electron chi connectivity index (χ4n) is 2.61. The van der Waals surface area contributed by atoms with E-state index >= 15 is 0 Å². The molecule has 1 heterocycles. The highest BCUT2D eigenvalue weighted by atomic mass is 16.6. The van der Waals surface area contributed by atoms with Crippen LogP contribution >= 0.6 is 0 Å². The van der Waals surface area contributed by atoms with Crippen molar-refractivity contribution in [2.75, 3.05) is 6.61 Å². The third-order valence-electron chi connectivity index (χ3n) is 4.27. The Kier molecular flexibility index (Phi) is 5.46. The summed E-state index contributed by atoms with van der Waals surface area (Å²) in [6.45, 7) is 8.76. The van der Waals surface area contributed by atoms with E-state index in [-0.39, 0.29) is 17.7 Å². The Labute approximate surface area is 127 Å². The summed E-state index contributed by atoms with van der Waals surface area (Å²) in [5.74, 6) is 0. The number of rotatable bonds is 7. The monoisotopic (exact) mass is 294 g/mol. The maximum Gasteiger partial charge on any atom is 0.497 e. The number of aliphatic hydroxyl groups is 1. The van der Waals surface area contributed by atoms with Gasteiger partial charge in [-0.1, -0.05) is 6.92 Å². The first-order valence-electron chi connectivity index (χ1n) is 7.98. The van der Waals surface area contributed by atoms with Crippen molar-refractivity contribution in [3.63, 3.8) is 0 Å². The van der Waals surface area contributed by atoms with Crippen molar-refractivity contribution in [1.82, 2.24) is 9.78 Å².